The maximum Gasteiger partial charge on any atom is 0.239 e. The molecule has 6 nitrogen and oxygen atoms in total. The number of hydrazine groups is 1. The number of nitrogens with two attached hydrogens (primary N) is 2. The van der Waals surface area contributed by atoms with E-state index in [2.05, 4.69) is 5.43 Å². The molecular formula is C17H16Cl3N3O3S. The van der Waals surface area contributed by atoms with Gasteiger partial charge >= 0.3 is 0 Å². The van der Waals surface area contributed by atoms with E-state index < -0.39 is 16.1 Å². The molecule has 2 aromatic carbocycles. The number of primary sulfonamides is 1. The standard InChI is InChI=1S/C17H16Cl3N3O3S/c18-11-5-4-8(6-14(11)27(22,25)26)17(24)10-7-9(10)16(23-21)15-12(19)2-1-3-13(15)20/h1-6,9-10,16,23H,7,21H2,(H2,22,25,26). The SMILES string of the molecule is NNC(c1c(Cl)cccc1Cl)C1CC1C(=O)c1ccc(Cl)c(S(N)(=O)=O)c1. The largest absolute Gasteiger partial charge is 0.294 e. The second kappa shape index (κ2) is 7.67. The van der Waals surface area contributed by atoms with Gasteiger partial charge in [-0.3, -0.25) is 16.1 Å². The van der Waals surface area contributed by atoms with Crippen molar-refractivity contribution in [3.63, 3.8) is 0 Å². The van der Waals surface area contributed by atoms with Crippen LogP contribution >= 0.6 is 34.8 Å². The minimum Gasteiger partial charge on any atom is -0.294 e. The number of ketones is 1. The Labute approximate surface area is 171 Å². The Kier molecular flexibility index (Phi) is 5.84. The van der Waals surface area contributed by atoms with Crippen LogP contribution in [0.5, 0.6) is 0 Å². The molecule has 0 spiro atoms. The summed E-state index contributed by atoms with van der Waals surface area (Å²) in [4.78, 5) is 12.5. The van der Waals surface area contributed by atoms with Crippen molar-refractivity contribution in [2.75, 3.05) is 0 Å². The summed E-state index contributed by atoms with van der Waals surface area (Å²) in [5.74, 6) is 4.99. The molecule has 0 heterocycles. The first-order valence-corrected chi connectivity index (χ1v) is 10.6. The van der Waals surface area contributed by atoms with E-state index in [9.17, 15) is 13.2 Å². The Morgan fingerprint density at radius 3 is 2.30 bits per heavy atom. The van der Waals surface area contributed by atoms with Crippen LogP contribution in [0.15, 0.2) is 41.3 Å². The van der Waals surface area contributed by atoms with Crippen molar-refractivity contribution < 1.29 is 13.2 Å². The first kappa shape index (κ1) is 20.5. The maximum atomic E-state index is 12.8. The van der Waals surface area contributed by atoms with E-state index in [1.54, 1.807) is 18.2 Å². The van der Waals surface area contributed by atoms with Gasteiger partial charge in [-0.25, -0.2) is 13.6 Å². The first-order chi connectivity index (χ1) is 12.6. The van der Waals surface area contributed by atoms with Gasteiger partial charge in [0.25, 0.3) is 0 Å². The average molecular weight is 449 g/mol. The van der Waals surface area contributed by atoms with E-state index in [0.29, 0.717) is 22.0 Å². The summed E-state index contributed by atoms with van der Waals surface area (Å²) in [5, 5.41) is 6.01. The highest BCUT2D eigenvalue weighted by atomic mass is 35.5. The van der Waals surface area contributed by atoms with Crippen LogP contribution in [-0.2, 0) is 10.0 Å². The van der Waals surface area contributed by atoms with Crippen LogP contribution in [0.1, 0.15) is 28.4 Å². The van der Waals surface area contributed by atoms with Crippen molar-refractivity contribution in [3.8, 4) is 0 Å². The molecule has 1 saturated carbocycles. The molecule has 0 bridgehead atoms. The zero-order valence-electron chi connectivity index (χ0n) is 13.8. The van der Waals surface area contributed by atoms with Crippen LogP contribution in [0.25, 0.3) is 0 Å². The summed E-state index contributed by atoms with van der Waals surface area (Å²) in [7, 11) is -4.03. The molecule has 3 atom stereocenters. The molecule has 3 unspecified atom stereocenters. The highest BCUT2D eigenvalue weighted by molar-refractivity contribution is 7.89. The number of rotatable bonds is 6. The van der Waals surface area contributed by atoms with Gasteiger partial charge in [-0.2, -0.15) is 0 Å². The van der Waals surface area contributed by atoms with Gasteiger partial charge in [0.1, 0.15) is 4.90 Å². The number of benzene rings is 2. The van der Waals surface area contributed by atoms with Crippen molar-refractivity contribution in [2.45, 2.75) is 17.4 Å². The van der Waals surface area contributed by atoms with Gasteiger partial charge in [-0.15, -0.1) is 0 Å². The smallest absolute Gasteiger partial charge is 0.239 e. The predicted molar refractivity (Wildman–Crippen MR) is 105 cm³/mol. The molecule has 0 aliphatic heterocycles. The van der Waals surface area contributed by atoms with E-state index in [4.69, 9.17) is 45.8 Å². The van der Waals surface area contributed by atoms with E-state index in [1.165, 1.54) is 18.2 Å². The predicted octanol–water partition coefficient (Wildman–Crippen LogP) is 3.32. The third-order valence-electron chi connectivity index (χ3n) is 4.62. The fraction of sp³-hybridized carbons (Fsp3) is 0.235. The fourth-order valence-electron chi connectivity index (χ4n) is 3.20. The van der Waals surface area contributed by atoms with Crippen molar-refractivity contribution in [3.05, 3.63) is 62.6 Å². The molecule has 0 amide bonds. The van der Waals surface area contributed by atoms with Gasteiger partial charge in [0.15, 0.2) is 5.78 Å². The molecule has 0 radical (unpaired) electrons. The van der Waals surface area contributed by atoms with Crippen molar-refractivity contribution in [1.29, 1.82) is 0 Å². The third kappa shape index (κ3) is 4.14. The summed E-state index contributed by atoms with van der Waals surface area (Å²) in [6.07, 6.45) is 0.558. The lowest BCUT2D eigenvalue weighted by atomic mass is 9.98. The second-order valence-corrected chi connectivity index (χ2v) is 9.09. The fourth-order valence-corrected chi connectivity index (χ4v) is 4.91. The average Bonchev–Trinajstić information content (AvgIpc) is 3.37. The topological polar surface area (TPSA) is 115 Å². The molecule has 2 aromatic rings. The Morgan fingerprint density at radius 1 is 1.11 bits per heavy atom. The monoisotopic (exact) mass is 447 g/mol. The lowest BCUT2D eigenvalue weighted by Gasteiger charge is -2.19. The minimum absolute atomic E-state index is 0.0363. The number of Topliss-reactive ketones (excluding diaryl/α,β-unsaturated/α-hetero) is 1. The molecule has 0 aromatic heterocycles. The zero-order valence-corrected chi connectivity index (χ0v) is 16.9. The van der Waals surface area contributed by atoms with Gasteiger partial charge in [0.05, 0.1) is 11.1 Å². The van der Waals surface area contributed by atoms with Crippen molar-refractivity contribution in [1.82, 2.24) is 5.43 Å². The minimum atomic E-state index is -4.03. The zero-order chi connectivity index (χ0) is 19.9. The van der Waals surface area contributed by atoms with Gasteiger partial charge in [0, 0.05) is 27.1 Å². The number of nitrogens with one attached hydrogen (secondary N) is 1. The molecule has 1 fully saturated rings. The molecule has 27 heavy (non-hydrogen) atoms. The second-order valence-electron chi connectivity index (χ2n) is 6.34. The van der Waals surface area contributed by atoms with Gasteiger partial charge in [-0.1, -0.05) is 40.9 Å². The Morgan fingerprint density at radius 2 is 1.74 bits per heavy atom. The van der Waals surface area contributed by atoms with Crippen LogP contribution in [0.3, 0.4) is 0 Å². The Balaban J connectivity index is 1.87. The molecule has 10 heteroatoms. The van der Waals surface area contributed by atoms with Crippen molar-refractivity contribution >= 4 is 50.6 Å². The third-order valence-corrected chi connectivity index (χ3v) is 6.67. The van der Waals surface area contributed by atoms with Crippen LogP contribution < -0.4 is 16.4 Å². The molecule has 5 N–H and O–H groups in total. The van der Waals surface area contributed by atoms with Gasteiger partial charge in [0.2, 0.25) is 10.0 Å². The number of carbonyl (C=O) groups is 1. The summed E-state index contributed by atoms with van der Waals surface area (Å²) >= 11 is 18.4. The van der Waals surface area contributed by atoms with Crippen molar-refractivity contribution in [2.24, 2.45) is 22.8 Å². The first-order valence-electron chi connectivity index (χ1n) is 7.91. The Bertz CT molecular complexity index is 993. The summed E-state index contributed by atoms with van der Waals surface area (Å²) in [6, 6.07) is 8.72. The lowest BCUT2D eigenvalue weighted by molar-refractivity contribution is 0.0957. The molecule has 1 aliphatic rings. The number of sulfonamides is 1. The highest BCUT2D eigenvalue weighted by Gasteiger charge is 2.49. The molecule has 144 valence electrons. The summed E-state index contributed by atoms with van der Waals surface area (Å²) in [5.41, 5.74) is 3.53. The van der Waals surface area contributed by atoms with Gasteiger partial charge < -0.3 is 0 Å². The number of hydrogen-bond acceptors (Lipinski definition) is 5. The number of hydrogen-bond donors (Lipinski definition) is 3. The highest BCUT2D eigenvalue weighted by Crippen LogP contribution is 2.51. The molecule has 3 rings (SSSR count). The van der Waals surface area contributed by atoms with Crippen LogP contribution in [0.4, 0.5) is 0 Å². The molecular weight excluding hydrogens is 433 g/mol. The van der Waals surface area contributed by atoms with Crippen LogP contribution in [-0.4, -0.2) is 14.2 Å². The lowest BCUT2D eigenvalue weighted by Crippen LogP contribution is -2.31. The quantitative estimate of drug-likeness (QED) is 0.356. The van der Waals surface area contributed by atoms with Crippen LogP contribution in [0.2, 0.25) is 15.1 Å². The van der Waals surface area contributed by atoms with Crippen LogP contribution in [0, 0.1) is 11.8 Å². The molecule has 0 saturated heterocycles. The van der Waals surface area contributed by atoms with E-state index in [-0.39, 0.29) is 33.1 Å². The van der Waals surface area contributed by atoms with E-state index >= 15 is 0 Å². The normalized spacial score (nSPS) is 20.3. The van der Waals surface area contributed by atoms with E-state index in [1.807, 2.05) is 0 Å². The maximum absolute atomic E-state index is 12.8. The summed E-state index contributed by atoms with van der Waals surface area (Å²) < 4.78 is 23.2. The van der Waals surface area contributed by atoms with Gasteiger partial charge in [-0.05, 0) is 42.7 Å². The number of halogens is 3. The molecule has 1 aliphatic carbocycles. The number of carbonyl (C=O) groups excluding carboxylic acids is 1. The summed E-state index contributed by atoms with van der Waals surface area (Å²) in [6.45, 7) is 0. The Hall–Kier alpha value is -1.19. The van der Waals surface area contributed by atoms with E-state index in [0.717, 1.165) is 0 Å².